The van der Waals surface area contributed by atoms with Crippen molar-refractivity contribution in [2.75, 3.05) is 6.61 Å². The molecular formula is C22H25NO7. The fourth-order valence-corrected chi connectivity index (χ4v) is 3.52. The van der Waals surface area contributed by atoms with Crippen LogP contribution < -0.4 is 0 Å². The quantitative estimate of drug-likeness (QED) is 0.399. The van der Waals surface area contributed by atoms with Gasteiger partial charge in [-0.25, -0.2) is 9.79 Å². The zero-order valence-electron chi connectivity index (χ0n) is 17.4. The normalized spacial score (nSPS) is 28.1. The first-order chi connectivity index (χ1) is 14.2. The maximum atomic E-state index is 13.0. The van der Waals surface area contributed by atoms with Crippen LogP contribution in [0.3, 0.4) is 0 Å². The second kappa shape index (κ2) is 8.79. The average Bonchev–Trinajstić information content (AvgIpc) is 3.06. The lowest BCUT2D eigenvalue weighted by atomic mass is 9.80. The van der Waals surface area contributed by atoms with Crippen molar-refractivity contribution >= 4 is 23.8 Å². The van der Waals surface area contributed by atoms with Gasteiger partial charge in [0.05, 0.1) is 0 Å². The average molecular weight is 415 g/mol. The van der Waals surface area contributed by atoms with Crippen LogP contribution in [0.25, 0.3) is 0 Å². The zero-order valence-corrected chi connectivity index (χ0v) is 17.4. The minimum absolute atomic E-state index is 0.132. The number of benzene rings is 1. The first-order valence-corrected chi connectivity index (χ1v) is 9.76. The van der Waals surface area contributed by atoms with Gasteiger partial charge in [0.1, 0.15) is 24.9 Å². The predicted octanol–water partition coefficient (Wildman–Crippen LogP) is 2.20. The van der Waals surface area contributed by atoms with E-state index in [0.29, 0.717) is 5.56 Å². The third kappa shape index (κ3) is 4.28. The van der Waals surface area contributed by atoms with Crippen LogP contribution >= 0.6 is 0 Å². The maximum Gasteiger partial charge on any atom is 0.344 e. The summed E-state index contributed by atoms with van der Waals surface area (Å²) in [6.45, 7) is 6.14. The summed E-state index contributed by atoms with van der Waals surface area (Å²) in [5.41, 5.74) is -0.639. The Labute approximate surface area is 174 Å². The van der Waals surface area contributed by atoms with E-state index in [9.17, 15) is 14.4 Å². The molecule has 1 aromatic carbocycles. The number of cyclic esters (lactones) is 1. The monoisotopic (exact) mass is 415 g/mol. The molecule has 2 aliphatic rings. The first kappa shape index (κ1) is 21.7. The van der Waals surface area contributed by atoms with E-state index in [-0.39, 0.29) is 18.4 Å². The van der Waals surface area contributed by atoms with Crippen LogP contribution in [0.1, 0.15) is 33.3 Å². The van der Waals surface area contributed by atoms with E-state index in [2.05, 4.69) is 4.99 Å². The van der Waals surface area contributed by atoms with Crippen molar-refractivity contribution in [3.8, 4) is 0 Å². The Hall–Kier alpha value is -3.00. The molecule has 0 spiro atoms. The first-order valence-electron chi connectivity index (χ1n) is 9.76. The molecule has 0 radical (unpaired) electrons. The number of nitrogens with zero attached hydrogens (tertiary/aromatic N) is 1. The van der Waals surface area contributed by atoms with Crippen molar-refractivity contribution in [3.63, 3.8) is 0 Å². The number of aliphatic imine (C=N–C) groups is 1. The van der Waals surface area contributed by atoms with Crippen LogP contribution in [0.15, 0.2) is 47.5 Å². The number of ether oxygens (including phenoxy) is 4. The second-order valence-corrected chi connectivity index (χ2v) is 7.51. The fourth-order valence-electron chi connectivity index (χ4n) is 3.52. The second-order valence-electron chi connectivity index (χ2n) is 7.51. The van der Waals surface area contributed by atoms with Crippen molar-refractivity contribution < 1.29 is 33.3 Å². The molecule has 30 heavy (non-hydrogen) atoms. The van der Waals surface area contributed by atoms with Crippen LogP contribution in [0.4, 0.5) is 0 Å². The maximum absolute atomic E-state index is 13.0. The Bertz CT molecular complexity index is 877. The van der Waals surface area contributed by atoms with E-state index in [1.54, 1.807) is 24.3 Å². The molecule has 0 aromatic heterocycles. The minimum Gasteiger partial charge on any atom is -0.463 e. The number of rotatable bonds is 6. The molecule has 2 heterocycles. The molecule has 3 rings (SSSR count). The van der Waals surface area contributed by atoms with Crippen molar-refractivity contribution in [1.82, 2.24) is 0 Å². The summed E-state index contributed by atoms with van der Waals surface area (Å²) >= 11 is 0. The Balaban J connectivity index is 1.95. The number of carbonyl (C=O) groups excluding carboxylic acids is 3. The number of hydrogen-bond acceptors (Lipinski definition) is 8. The van der Waals surface area contributed by atoms with Gasteiger partial charge in [0, 0.05) is 19.4 Å². The van der Waals surface area contributed by atoms with E-state index in [1.807, 2.05) is 32.0 Å². The van der Waals surface area contributed by atoms with Gasteiger partial charge >= 0.3 is 17.9 Å². The molecule has 1 aromatic rings. The summed E-state index contributed by atoms with van der Waals surface area (Å²) in [5, 5.41) is 0. The molecule has 8 heteroatoms. The summed E-state index contributed by atoms with van der Waals surface area (Å²) in [7, 11) is 0. The van der Waals surface area contributed by atoms with E-state index in [4.69, 9.17) is 18.9 Å². The highest BCUT2D eigenvalue weighted by Crippen LogP contribution is 2.38. The summed E-state index contributed by atoms with van der Waals surface area (Å²) in [6.07, 6.45) is 0.955. The Morgan fingerprint density at radius 2 is 1.83 bits per heavy atom. The number of carbonyl (C=O) groups is 3. The molecule has 0 bridgehead atoms. The van der Waals surface area contributed by atoms with Crippen LogP contribution in [0.2, 0.25) is 0 Å². The number of hydrogen-bond donors (Lipinski definition) is 0. The summed E-state index contributed by atoms with van der Waals surface area (Å²) in [6, 6.07) is 9.13. The molecule has 0 unspecified atom stereocenters. The molecule has 160 valence electrons. The third-order valence-electron chi connectivity index (χ3n) is 5.05. The Kier molecular flexibility index (Phi) is 6.36. The molecule has 0 amide bonds. The molecule has 0 aliphatic carbocycles. The largest absolute Gasteiger partial charge is 0.463 e. The molecule has 0 N–H and O–H groups in total. The van der Waals surface area contributed by atoms with Crippen LogP contribution in [0, 0.1) is 5.92 Å². The Morgan fingerprint density at radius 3 is 2.43 bits per heavy atom. The molecular weight excluding hydrogens is 390 g/mol. The molecule has 0 saturated carbocycles. The Morgan fingerprint density at radius 1 is 1.13 bits per heavy atom. The zero-order chi connectivity index (χ0) is 21.9. The van der Waals surface area contributed by atoms with Crippen molar-refractivity contribution in [2.45, 2.75) is 51.5 Å². The number of esters is 3. The van der Waals surface area contributed by atoms with E-state index in [0.717, 1.165) is 0 Å². The van der Waals surface area contributed by atoms with Gasteiger partial charge in [-0.05, 0) is 24.1 Å². The van der Waals surface area contributed by atoms with E-state index >= 15 is 0 Å². The lowest BCUT2D eigenvalue weighted by molar-refractivity contribution is -0.172. The molecule has 0 saturated heterocycles. The van der Waals surface area contributed by atoms with Crippen molar-refractivity contribution in [1.29, 1.82) is 0 Å². The van der Waals surface area contributed by atoms with Crippen molar-refractivity contribution in [3.05, 3.63) is 48.0 Å². The third-order valence-corrected chi connectivity index (χ3v) is 5.05. The standard InChI is InChI=1S/C22H25NO7/c1-13(2)22(21(26)30-20(23-22)16-8-6-5-7-9-16)19-11-10-17(28-15(4)25)18(29-19)12-27-14(3)24/h5-11,13,17-19H,12H2,1-4H3/t17-,18+,19-,22-/m0/s1. The van der Waals surface area contributed by atoms with Crippen molar-refractivity contribution in [2.24, 2.45) is 10.9 Å². The van der Waals surface area contributed by atoms with Crippen LogP contribution in [0.5, 0.6) is 0 Å². The topological polar surface area (TPSA) is 100 Å². The fraction of sp³-hybridized carbons (Fsp3) is 0.455. The minimum atomic E-state index is -1.32. The SMILES string of the molecule is CC(=O)OC[C@H]1O[C@H]([C@]2(C(C)C)N=C(c3ccccc3)OC2=O)C=C[C@@H]1OC(C)=O. The lowest BCUT2D eigenvalue weighted by Crippen LogP contribution is -2.55. The molecule has 4 atom stereocenters. The van der Waals surface area contributed by atoms with Gasteiger partial charge in [0.15, 0.2) is 5.54 Å². The van der Waals surface area contributed by atoms with Gasteiger partial charge in [-0.1, -0.05) is 38.1 Å². The van der Waals surface area contributed by atoms with Crippen LogP contribution in [-0.4, -0.2) is 54.3 Å². The summed E-state index contributed by atoms with van der Waals surface area (Å²) in [4.78, 5) is 40.4. The van der Waals surface area contributed by atoms with E-state index in [1.165, 1.54) is 13.8 Å². The molecule has 0 fully saturated rings. The smallest absolute Gasteiger partial charge is 0.344 e. The van der Waals surface area contributed by atoms with Gasteiger partial charge in [0.2, 0.25) is 5.90 Å². The highest BCUT2D eigenvalue weighted by atomic mass is 16.6. The van der Waals surface area contributed by atoms with Gasteiger partial charge in [-0.3, -0.25) is 9.59 Å². The van der Waals surface area contributed by atoms with Gasteiger partial charge in [-0.15, -0.1) is 0 Å². The highest BCUT2D eigenvalue weighted by molar-refractivity contribution is 6.08. The van der Waals surface area contributed by atoms with Gasteiger partial charge in [-0.2, -0.15) is 0 Å². The predicted molar refractivity (Wildman–Crippen MR) is 107 cm³/mol. The summed E-state index contributed by atoms with van der Waals surface area (Å²) < 4.78 is 22.0. The highest BCUT2D eigenvalue weighted by Gasteiger charge is 2.56. The lowest BCUT2D eigenvalue weighted by Gasteiger charge is -2.39. The van der Waals surface area contributed by atoms with Gasteiger partial charge in [0.25, 0.3) is 0 Å². The van der Waals surface area contributed by atoms with Gasteiger partial charge < -0.3 is 18.9 Å². The molecule has 8 nitrogen and oxygen atoms in total. The van der Waals surface area contributed by atoms with E-state index < -0.39 is 41.8 Å². The molecule has 2 aliphatic heterocycles. The van der Waals surface area contributed by atoms with Crippen LogP contribution in [-0.2, 0) is 33.3 Å². The summed E-state index contributed by atoms with van der Waals surface area (Å²) in [5.74, 6) is -1.55.